The second-order valence-corrected chi connectivity index (χ2v) is 4.40. The molecule has 0 N–H and O–H groups in total. The van der Waals surface area contributed by atoms with Crippen LogP contribution < -0.4 is 0 Å². The molecule has 0 spiro atoms. The van der Waals surface area contributed by atoms with Gasteiger partial charge in [-0.15, -0.1) is 0 Å². The van der Waals surface area contributed by atoms with Crippen LogP contribution in [0.5, 0.6) is 0 Å². The van der Waals surface area contributed by atoms with E-state index < -0.39 is 0 Å². The lowest BCUT2D eigenvalue weighted by Crippen LogP contribution is -2.22. The van der Waals surface area contributed by atoms with E-state index in [0.717, 1.165) is 12.0 Å². The van der Waals surface area contributed by atoms with Gasteiger partial charge in [0.15, 0.2) is 11.6 Å². The average Bonchev–Trinajstić information content (AvgIpc) is 2.44. The van der Waals surface area contributed by atoms with E-state index in [1.165, 1.54) is 0 Å². The highest BCUT2D eigenvalue weighted by molar-refractivity contribution is 6.28. The Labute approximate surface area is 105 Å². The van der Waals surface area contributed by atoms with E-state index in [1.807, 2.05) is 19.1 Å². The van der Waals surface area contributed by atoms with E-state index in [4.69, 9.17) is 0 Å². The largest absolute Gasteiger partial charge is 0.289 e. The van der Waals surface area contributed by atoms with Crippen molar-refractivity contribution < 1.29 is 9.59 Å². The van der Waals surface area contributed by atoms with Crippen molar-refractivity contribution in [3.8, 4) is 0 Å². The fourth-order valence-electron chi connectivity index (χ4n) is 2.51. The van der Waals surface area contributed by atoms with E-state index in [1.54, 1.807) is 30.3 Å². The second-order valence-electron chi connectivity index (χ2n) is 4.40. The zero-order valence-corrected chi connectivity index (χ0v) is 10.1. The maximum absolute atomic E-state index is 12.5. The Balaban J connectivity index is 2.34. The van der Waals surface area contributed by atoms with E-state index in [-0.39, 0.29) is 11.6 Å². The number of hydrogen-bond donors (Lipinski definition) is 0. The molecule has 2 aromatic rings. The van der Waals surface area contributed by atoms with Crippen LogP contribution in [0.25, 0.3) is 0 Å². The molecule has 0 bridgehead atoms. The predicted octanol–water partition coefficient (Wildman–Crippen LogP) is 3.02. The summed E-state index contributed by atoms with van der Waals surface area (Å²) < 4.78 is 0. The Morgan fingerprint density at radius 1 is 0.778 bits per heavy atom. The molecule has 0 heterocycles. The molecule has 88 valence electrons. The number of hydrogen-bond acceptors (Lipinski definition) is 2. The van der Waals surface area contributed by atoms with Crippen LogP contribution in [0.1, 0.15) is 44.3 Å². The van der Waals surface area contributed by atoms with Gasteiger partial charge in [0.1, 0.15) is 0 Å². The van der Waals surface area contributed by atoms with Crippen molar-refractivity contribution in [3.05, 3.63) is 70.3 Å². The zero-order chi connectivity index (χ0) is 12.7. The Morgan fingerprint density at radius 2 is 1.39 bits per heavy atom. The Kier molecular flexibility index (Phi) is 2.37. The van der Waals surface area contributed by atoms with E-state index in [0.29, 0.717) is 22.3 Å². The molecular weight excluding hydrogens is 224 g/mol. The number of carbonyl (C=O) groups is 2. The van der Waals surface area contributed by atoms with Crippen molar-refractivity contribution in [2.24, 2.45) is 0 Å². The molecule has 1 aliphatic rings. The molecule has 0 saturated carbocycles. The molecule has 0 fully saturated rings. The smallest absolute Gasteiger partial charge is 0.194 e. The first-order valence-electron chi connectivity index (χ1n) is 6.04. The van der Waals surface area contributed by atoms with Crippen LogP contribution in [0.4, 0.5) is 0 Å². The van der Waals surface area contributed by atoms with Crippen LogP contribution in [0.2, 0.25) is 0 Å². The van der Waals surface area contributed by atoms with Crippen LogP contribution in [-0.4, -0.2) is 11.6 Å². The van der Waals surface area contributed by atoms with E-state index in [2.05, 4.69) is 0 Å². The molecule has 0 atom stereocenters. The summed E-state index contributed by atoms with van der Waals surface area (Å²) in [7, 11) is 0. The lowest BCUT2D eigenvalue weighted by Gasteiger charge is -2.19. The summed E-state index contributed by atoms with van der Waals surface area (Å²) in [6.45, 7) is 1.99. The molecule has 0 aromatic heterocycles. The van der Waals surface area contributed by atoms with Gasteiger partial charge in [-0.05, 0) is 12.0 Å². The van der Waals surface area contributed by atoms with E-state index in [9.17, 15) is 9.59 Å². The van der Waals surface area contributed by atoms with Gasteiger partial charge in [0.25, 0.3) is 0 Å². The first kappa shape index (κ1) is 10.9. The topological polar surface area (TPSA) is 34.1 Å². The lowest BCUT2D eigenvalue weighted by atomic mass is 9.81. The summed E-state index contributed by atoms with van der Waals surface area (Å²) in [5.74, 6) is -0.0758. The molecule has 0 saturated heterocycles. The van der Waals surface area contributed by atoms with Crippen molar-refractivity contribution in [1.29, 1.82) is 0 Å². The van der Waals surface area contributed by atoms with Crippen LogP contribution >= 0.6 is 0 Å². The fraction of sp³-hybridized carbons (Fsp3) is 0.125. The third kappa shape index (κ3) is 1.35. The Morgan fingerprint density at radius 3 is 2.06 bits per heavy atom. The summed E-state index contributed by atoms with van der Waals surface area (Å²) in [5.41, 5.74) is 3.11. The third-order valence-corrected chi connectivity index (χ3v) is 3.42. The monoisotopic (exact) mass is 236 g/mol. The predicted molar refractivity (Wildman–Crippen MR) is 69.1 cm³/mol. The minimum absolute atomic E-state index is 0.0300. The van der Waals surface area contributed by atoms with Gasteiger partial charge in [-0.3, -0.25) is 9.59 Å². The number of aryl methyl sites for hydroxylation is 1. The number of carbonyl (C=O) groups excluding carboxylic acids is 2. The molecule has 0 amide bonds. The summed E-state index contributed by atoms with van der Waals surface area (Å²) >= 11 is 0. The van der Waals surface area contributed by atoms with E-state index >= 15 is 0 Å². The van der Waals surface area contributed by atoms with Gasteiger partial charge in [-0.2, -0.15) is 0 Å². The van der Waals surface area contributed by atoms with Crippen LogP contribution in [0.3, 0.4) is 0 Å². The highest BCUT2D eigenvalue weighted by atomic mass is 16.1. The van der Waals surface area contributed by atoms with Gasteiger partial charge in [0, 0.05) is 22.3 Å². The van der Waals surface area contributed by atoms with Crippen molar-refractivity contribution in [2.45, 2.75) is 13.3 Å². The maximum Gasteiger partial charge on any atom is 0.194 e. The number of fused-ring (bicyclic) bond motifs is 2. The molecule has 2 heteroatoms. The van der Waals surface area contributed by atoms with Gasteiger partial charge in [-0.1, -0.05) is 49.4 Å². The minimum Gasteiger partial charge on any atom is -0.289 e. The normalized spacial score (nSPS) is 13.2. The standard InChI is InChI=1S/C16H12O2/c1-2-10-6-5-9-13-14(10)16(18)12-8-4-3-7-11(12)15(13)17/h3-9H,2H2,1H3. The van der Waals surface area contributed by atoms with Crippen molar-refractivity contribution >= 4 is 11.6 Å². The quantitative estimate of drug-likeness (QED) is 0.650. The van der Waals surface area contributed by atoms with Gasteiger partial charge in [0.05, 0.1) is 0 Å². The van der Waals surface area contributed by atoms with Gasteiger partial charge >= 0.3 is 0 Å². The molecule has 18 heavy (non-hydrogen) atoms. The van der Waals surface area contributed by atoms with Crippen LogP contribution in [0.15, 0.2) is 42.5 Å². The molecule has 1 aliphatic carbocycles. The fourth-order valence-corrected chi connectivity index (χ4v) is 2.51. The summed E-state index contributed by atoms with van der Waals surface area (Å²) in [4.78, 5) is 24.9. The molecule has 2 nitrogen and oxygen atoms in total. The van der Waals surface area contributed by atoms with Crippen LogP contribution in [0, 0.1) is 0 Å². The Hall–Kier alpha value is -2.22. The first-order chi connectivity index (χ1) is 8.74. The maximum atomic E-state index is 12.5. The lowest BCUT2D eigenvalue weighted by molar-refractivity contribution is 0.0978. The summed E-state index contributed by atoms with van der Waals surface area (Å²) in [6, 6.07) is 12.5. The van der Waals surface area contributed by atoms with Crippen molar-refractivity contribution in [2.75, 3.05) is 0 Å². The zero-order valence-electron chi connectivity index (χ0n) is 10.1. The number of benzene rings is 2. The highest BCUT2D eigenvalue weighted by Crippen LogP contribution is 2.29. The Bertz CT molecular complexity index is 669. The first-order valence-corrected chi connectivity index (χ1v) is 6.04. The molecular formula is C16H12O2. The molecule has 0 unspecified atom stereocenters. The summed E-state index contributed by atoms with van der Waals surface area (Å²) in [6.07, 6.45) is 0.754. The highest BCUT2D eigenvalue weighted by Gasteiger charge is 2.30. The minimum atomic E-state index is -0.0458. The van der Waals surface area contributed by atoms with Gasteiger partial charge in [-0.25, -0.2) is 0 Å². The third-order valence-electron chi connectivity index (χ3n) is 3.42. The van der Waals surface area contributed by atoms with Crippen molar-refractivity contribution in [3.63, 3.8) is 0 Å². The second kappa shape index (κ2) is 3.91. The van der Waals surface area contributed by atoms with Crippen molar-refractivity contribution in [1.82, 2.24) is 0 Å². The van der Waals surface area contributed by atoms with Crippen LogP contribution in [-0.2, 0) is 6.42 Å². The number of ketones is 2. The summed E-state index contributed by atoms with van der Waals surface area (Å²) in [5, 5.41) is 0. The van der Waals surface area contributed by atoms with Gasteiger partial charge < -0.3 is 0 Å². The molecule has 0 radical (unpaired) electrons. The molecule has 3 rings (SSSR count). The average molecular weight is 236 g/mol. The molecule has 2 aromatic carbocycles. The van der Waals surface area contributed by atoms with Gasteiger partial charge in [0.2, 0.25) is 0 Å². The number of rotatable bonds is 1. The molecule has 0 aliphatic heterocycles. The SMILES string of the molecule is CCc1cccc2c1C(=O)c1ccccc1C2=O.